The molecule has 0 aromatic carbocycles. The molecule has 1 aromatic rings. The van der Waals surface area contributed by atoms with Gasteiger partial charge in [-0.3, -0.25) is 9.58 Å². The Bertz CT molecular complexity index is 463. The van der Waals surface area contributed by atoms with Gasteiger partial charge in [-0.05, 0) is 39.7 Å². The van der Waals surface area contributed by atoms with Gasteiger partial charge in [0, 0.05) is 37.8 Å². The summed E-state index contributed by atoms with van der Waals surface area (Å²) in [6, 6.07) is 2.26. The van der Waals surface area contributed by atoms with Gasteiger partial charge in [-0.25, -0.2) is 0 Å². The number of rotatable bonds is 4. The Balaban J connectivity index is 2.21. The standard InChI is InChI=1S/C16H30N4/c1-7-13-9-14(19(6)18-13)10-20-12-15(3,4)17-11-16(20,5)8-2/h9,17H,7-8,10-12H2,1-6H3. The van der Waals surface area contributed by atoms with Crippen LogP contribution in [0, 0.1) is 0 Å². The van der Waals surface area contributed by atoms with Crippen molar-refractivity contribution in [3.05, 3.63) is 17.5 Å². The minimum absolute atomic E-state index is 0.181. The molecule has 20 heavy (non-hydrogen) atoms. The molecule has 0 saturated carbocycles. The Kier molecular flexibility index (Phi) is 4.26. The molecule has 1 fully saturated rings. The minimum atomic E-state index is 0.181. The molecule has 0 spiro atoms. The van der Waals surface area contributed by atoms with Crippen LogP contribution in [0.1, 0.15) is 52.4 Å². The van der Waals surface area contributed by atoms with Crippen molar-refractivity contribution in [1.82, 2.24) is 20.0 Å². The van der Waals surface area contributed by atoms with Crippen molar-refractivity contribution in [3.63, 3.8) is 0 Å². The second-order valence-electron chi connectivity index (χ2n) is 7.05. The van der Waals surface area contributed by atoms with Crippen molar-refractivity contribution in [2.75, 3.05) is 13.1 Å². The van der Waals surface area contributed by atoms with Gasteiger partial charge in [0.05, 0.1) is 11.4 Å². The van der Waals surface area contributed by atoms with Crippen LogP contribution in [0.2, 0.25) is 0 Å². The molecule has 1 aliphatic heterocycles. The molecule has 114 valence electrons. The fourth-order valence-electron chi connectivity index (χ4n) is 2.95. The molecule has 1 atom stereocenters. The normalized spacial score (nSPS) is 26.9. The summed E-state index contributed by atoms with van der Waals surface area (Å²) in [5.41, 5.74) is 2.92. The number of hydrogen-bond donors (Lipinski definition) is 1. The minimum Gasteiger partial charge on any atom is -0.309 e. The van der Waals surface area contributed by atoms with E-state index in [2.05, 4.69) is 63.0 Å². The zero-order valence-corrected chi connectivity index (χ0v) is 14.0. The van der Waals surface area contributed by atoms with Gasteiger partial charge in [-0.15, -0.1) is 0 Å². The van der Waals surface area contributed by atoms with E-state index in [4.69, 9.17) is 0 Å². The molecule has 2 heterocycles. The largest absolute Gasteiger partial charge is 0.309 e. The molecular formula is C16H30N4. The molecule has 0 bridgehead atoms. The Morgan fingerprint density at radius 2 is 2.00 bits per heavy atom. The van der Waals surface area contributed by atoms with E-state index in [1.54, 1.807) is 0 Å². The van der Waals surface area contributed by atoms with E-state index in [9.17, 15) is 0 Å². The molecule has 1 unspecified atom stereocenters. The summed E-state index contributed by atoms with van der Waals surface area (Å²) in [4.78, 5) is 2.62. The highest BCUT2D eigenvalue weighted by atomic mass is 15.3. The fourth-order valence-corrected chi connectivity index (χ4v) is 2.95. The lowest BCUT2D eigenvalue weighted by Crippen LogP contribution is -2.66. The first kappa shape index (κ1) is 15.5. The van der Waals surface area contributed by atoms with Crippen molar-refractivity contribution >= 4 is 0 Å². The van der Waals surface area contributed by atoms with Gasteiger partial charge >= 0.3 is 0 Å². The molecule has 1 aromatic heterocycles. The van der Waals surface area contributed by atoms with Crippen molar-refractivity contribution < 1.29 is 0 Å². The first-order valence-electron chi connectivity index (χ1n) is 7.81. The van der Waals surface area contributed by atoms with E-state index >= 15 is 0 Å². The number of nitrogens with one attached hydrogen (secondary N) is 1. The molecule has 4 heteroatoms. The van der Waals surface area contributed by atoms with Gasteiger partial charge in [0.2, 0.25) is 0 Å². The van der Waals surface area contributed by atoms with E-state index in [-0.39, 0.29) is 11.1 Å². The Morgan fingerprint density at radius 1 is 1.30 bits per heavy atom. The maximum Gasteiger partial charge on any atom is 0.0625 e. The molecular weight excluding hydrogens is 248 g/mol. The zero-order valence-electron chi connectivity index (χ0n) is 14.0. The predicted octanol–water partition coefficient (Wildman–Crippen LogP) is 2.33. The van der Waals surface area contributed by atoms with Crippen LogP contribution in [0.4, 0.5) is 0 Å². The predicted molar refractivity (Wildman–Crippen MR) is 83.8 cm³/mol. The molecule has 0 radical (unpaired) electrons. The smallest absolute Gasteiger partial charge is 0.0625 e. The van der Waals surface area contributed by atoms with Crippen LogP contribution in [0.25, 0.3) is 0 Å². The Labute approximate surface area is 123 Å². The number of piperazine rings is 1. The van der Waals surface area contributed by atoms with Gasteiger partial charge in [0.1, 0.15) is 0 Å². The average Bonchev–Trinajstić information content (AvgIpc) is 2.75. The lowest BCUT2D eigenvalue weighted by Gasteiger charge is -2.51. The number of aryl methyl sites for hydroxylation is 2. The second-order valence-corrected chi connectivity index (χ2v) is 7.05. The quantitative estimate of drug-likeness (QED) is 0.917. The maximum atomic E-state index is 4.58. The van der Waals surface area contributed by atoms with E-state index < -0.39 is 0 Å². The lowest BCUT2D eigenvalue weighted by atomic mass is 9.88. The van der Waals surface area contributed by atoms with Crippen LogP contribution in [0.5, 0.6) is 0 Å². The molecule has 0 amide bonds. The molecule has 0 aliphatic carbocycles. The third-order valence-electron chi connectivity index (χ3n) is 4.80. The van der Waals surface area contributed by atoms with E-state index in [0.717, 1.165) is 32.5 Å². The number of aromatic nitrogens is 2. The summed E-state index contributed by atoms with van der Waals surface area (Å²) in [5, 5.41) is 8.26. The Hall–Kier alpha value is -0.870. The lowest BCUT2D eigenvalue weighted by molar-refractivity contribution is 0.0158. The van der Waals surface area contributed by atoms with E-state index in [1.807, 2.05) is 4.68 Å². The van der Waals surface area contributed by atoms with Crippen molar-refractivity contribution in [1.29, 1.82) is 0 Å². The van der Waals surface area contributed by atoms with Crippen LogP contribution in [0.3, 0.4) is 0 Å². The Morgan fingerprint density at radius 3 is 2.55 bits per heavy atom. The summed E-state index contributed by atoms with van der Waals surface area (Å²) in [7, 11) is 2.06. The van der Waals surface area contributed by atoms with Gasteiger partial charge in [0.15, 0.2) is 0 Å². The zero-order chi connectivity index (χ0) is 15.0. The van der Waals surface area contributed by atoms with Crippen LogP contribution >= 0.6 is 0 Å². The highest BCUT2D eigenvalue weighted by molar-refractivity contribution is 5.12. The van der Waals surface area contributed by atoms with Crippen LogP contribution in [-0.4, -0.2) is 38.8 Å². The summed E-state index contributed by atoms with van der Waals surface area (Å²) in [6.07, 6.45) is 2.17. The highest BCUT2D eigenvalue weighted by Gasteiger charge is 2.39. The third-order valence-corrected chi connectivity index (χ3v) is 4.80. The van der Waals surface area contributed by atoms with Crippen molar-refractivity contribution in [2.45, 2.75) is 65.1 Å². The van der Waals surface area contributed by atoms with Gasteiger partial charge in [-0.2, -0.15) is 5.10 Å². The van der Waals surface area contributed by atoms with Crippen LogP contribution in [0.15, 0.2) is 6.07 Å². The van der Waals surface area contributed by atoms with Crippen molar-refractivity contribution in [2.24, 2.45) is 7.05 Å². The first-order valence-corrected chi connectivity index (χ1v) is 7.81. The fraction of sp³-hybridized carbons (Fsp3) is 0.812. The van der Waals surface area contributed by atoms with E-state index in [0.29, 0.717) is 0 Å². The summed E-state index contributed by atoms with van der Waals surface area (Å²) < 4.78 is 2.05. The average molecular weight is 278 g/mol. The van der Waals surface area contributed by atoms with Crippen LogP contribution in [-0.2, 0) is 20.0 Å². The van der Waals surface area contributed by atoms with Crippen LogP contribution < -0.4 is 5.32 Å². The third kappa shape index (κ3) is 3.07. The molecule has 4 nitrogen and oxygen atoms in total. The number of nitrogens with zero attached hydrogens (tertiary/aromatic N) is 3. The summed E-state index contributed by atoms with van der Waals surface area (Å²) >= 11 is 0. The van der Waals surface area contributed by atoms with Gasteiger partial charge in [-0.1, -0.05) is 13.8 Å². The summed E-state index contributed by atoms with van der Waals surface area (Å²) in [5.74, 6) is 0. The highest BCUT2D eigenvalue weighted by Crippen LogP contribution is 2.28. The second kappa shape index (κ2) is 5.49. The van der Waals surface area contributed by atoms with Gasteiger partial charge in [0.25, 0.3) is 0 Å². The number of hydrogen-bond acceptors (Lipinski definition) is 3. The molecule has 2 rings (SSSR count). The summed E-state index contributed by atoms with van der Waals surface area (Å²) in [6.45, 7) is 14.5. The SMILES string of the molecule is CCc1cc(CN2CC(C)(C)NCC2(C)CC)n(C)n1. The monoisotopic (exact) mass is 278 g/mol. The van der Waals surface area contributed by atoms with E-state index in [1.165, 1.54) is 11.4 Å². The molecule has 1 N–H and O–H groups in total. The van der Waals surface area contributed by atoms with Crippen molar-refractivity contribution in [3.8, 4) is 0 Å². The first-order chi connectivity index (χ1) is 9.29. The molecule has 1 aliphatic rings. The molecule has 1 saturated heterocycles. The van der Waals surface area contributed by atoms with Gasteiger partial charge < -0.3 is 5.32 Å². The topological polar surface area (TPSA) is 33.1 Å². The maximum absolute atomic E-state index is 4.58.